The lowest BCUT2D eigenvalue weighted by Crippen LogP contribution is -2.29. The Hall–Kier alpha value is -4.03. The number of hydrogen-bond donors (Lipinski definition) is 2. The SMILES string of the molecule is CN(C)c1ccc(N2C(=O)C(=O)/C(=C(/O)c3ccc(Cl)cc3)C2c2c[nH]c3ccccc23)cc1. The smallest absolute Gasteiger partial charge is 0.300 e. The Morgan fingerprint density at radius 2 is 1.65 bits per heavy atom. The van der Waals surface area contributed by atoms with Gasteiger partial charge in [0.15, 0.2) is 0 Å². The number of ketones is 1. The van der Waals surface area contributed by atoms with Gasteiger partial charge in [0.1, 0.15) is 5.76 Å². The summed E-state index contributed by atoms with van der Waals surface area (Å²) in [5.74, 6) is -1.67. The molecule has 170 valence electrons. The standard InChI is InChI=1S/C27H22ClN3O3/c1-30(2)18-11-13-19(14-12-18)31-24(21-15-29-22-6-4-3-5-20(21)22)23(26(33)27(31)34)25(32)16-7-9-17(28)10-8-16/h3-15,24,29,32H,1-2H3/b25-23+. The second-order valence-corrected chi connectivity index (χ2v) is 8.81. The highest BCUT2D eigenvalue weighted by Gasteiger charge is 2.47. The van der Waals surface area contributed by atoms with Gasteiger partial charge in [-0.05, 0) is 54.6 Å². The molecule has 0 bridgehead atoms. The summed E-state index contributed by atoms with van der Waals surface area (Å²) >= 11 is 6.01. The van der Waals surface area contributed by atoms with Crippen LogP contribution >= 0.6 is 11.6 Å². The van der Waals surface area contributed by atoms with Crippen LogP contribution in [0.4, 0.5) is 11.4 Å². The molecule has 6 nitrogen and oxygen atoms in total. The Morgan fingerprint density at radius 3 is 2.32 bits per heavy atom. The fourth-order valence-electron chi connectivity index (χ4n) is 4.39. The average molecular weight is 472 g/mol. The van der Waals surface area contributed by atoms with Crippen molar-refractivity contribution in [2.45, 2.75) is 6.04 Å². The van der Waals surface area contributed by atoms with Gasteiger partial charge in [-0.2, -0.15) is 0 Å². The molecule has 34 heavy (non-hydrogen) atoms. The van der Waals surface area contributed by atoms with Gasteiger partial charge in [-0.15, -0.1) is 0 Å². The number of anilines is 2. The van der Waals surface area contributed by atoms with Crippen LogP contribution in [0.25, 0.3) is 16.7 Å². The third-order valence-corrected chi connectivity index (χ3v) is 6.37. The van der Waals surface area contributed by atoms with Crippen LogP contribution in [0, 0.1) is 0 Å². The van der Waals surface area contributed by atoms with E-state index in [1.807, 2.05) is 67.5 Å². The largest absolute Gasteiger partial charge is 0.507 e. The number of aromatic nitrogens is 1. The summed E-state index contributed by atoms with van der Waals surface area (Å²) < 4.78 is 0. The number of aliphatic hydroxyl groups excluding tert-OH is 1. The molecule has 2 N–H and O–H groups in total. The number of rotatable bonds is 4. The van der Waals surface area contributed by atoms with E-state index in [2.05, 4.69) is 4.98 Å². The van der Waals surface area contributed by atoms with Crippen molar-refractivity contribution in [2.75, 3.05) is 23.9 Å². The van der Waals surface area contributed by atoms with Crippen molar-refractivity contribution >= 4 is 51.3 Å². The number of nitrogens with zero attached hydrogens (tertiary/aromatic N) is 2. The molecule has 1 aliphatic heterocycles. The number of amides is 1. The van der Waals surface area contributed by atoms with Gasteiger partial charge < -0.3 is 15.0 Å². The van der Waals surface area contributed by atoms with Gasteiger partial charge in [0.05, 0.1) is 11.6 Å². The first-order chi connectivity index (χ1) is 16.4. The van der Waals surface area contributed by atoms with Crippen LogP contribution in [0.5, 0.6) is 0 Å². The number of benzene rings is 3. The van der Waals surface area contributed by atoms with Crippen molar-refractivity contribution in [3.05, 3.63) is 101 Å². The molecule has 0 spiro atoms. The second kappa shape index (κ2) is 8.39. The molecule has 1 aromatic heterocycles. The molecule has 1 saturated heterocycles. The molecule has 0 aliphatic carbocycles. The molecule has 3 aromatic carbocycles. The topological polar surface area (TPSA) is 76.6 Å². The van der Waals surface area contributed by atoms with E-state index < -0.39 is 17.7 Å². The number of H-pyrrole nitrogens is 1. The number of Topliss-reactive ketones (excluding diaryl/α,β-unsaturated/α-hetero) is 1. The summed E-state index contributed by atoms with van der Waals surface area (Å²) in [6, 6.07) is 20.8. The summed E-state index contributed by atoms with van der Waals surface area (Å²) in [7, 11) is 3.86. The van der Waals surface area contributed by atoms with Gasteiger partial charge in [-0.3, -0.25) is 14.5 Å². The molecule has 5 rings (SSSR count). The Balaban J connectivity index is 1.74. The minimum Gasteiger partial charge on any atom is -0.507 e. The Labute approximate surface area is 201 Å². The van der Waals surface area contributed by atoms with Crippen molar-refractivity contribution in [3.8, 4) is 0 Å². The normalized spacial score (nSPS) is 17.5. The van der Waals surface area contributed by atoms with E-state index in [9.17, 15) is 14.7 Å². The third kappa shape index (κ3) is 3.53. The summed E-state index contributed by atoms with van der Waals surface area (Å²) in [6.07, 6.45) is 1.79. The van der Waals surface area contributed by atoms with Gasteiger partial charge >= 0.3 is 0 Å². The van der Waals surface area contributed by atoms with E-state index in [4.69, 9.17) is 11.6 Å². The van der Waals surface area contributed by atoms with Crippen LogP contribution < -0.4 is 9.80 Å². The highest BCUT2D eigenvalue weighted by molar-refractivity contribution is 6.52. The number of aliphatic hydroxyl groups is 1. The zero-order valence-electron chi connectivity index (χ0n) is 18.6. The molecule has 4 aromatic rings. The van der Waals surface area contributed by atoms with Gasteiger partial charge in [0.25, 0.3) is 11.7 Å². The van der Waals surface area contributed by atoms with Gasteiger partial charge in [-0.25, -0.2) is 0 Å². The number of para-hydroxylation sites is 1. The van der Waals surface area contributed by atoms with E-state index in [0.29, 0.717) is 16.3 Å². The lowest BCUT2D eigenvalue weighted by molar-refractivity contribution is -0.132. The zero-order valence-corrected chi connectivity index (χ0v) is 19.4. The first-order valence-electron chi connectivity index (χ1n) is 10.8. The summed E-state index contributed by atoms with van der Waals surface area (Å²) in [5, 5.41) is 12.6. The lowest BCUT2D eigenvalue weighted by atomic mass is 9.94. The van der Waals surface area contributed by atoms with Gasteiger partial charge in [0.2, 0.25) is 0 Å². The van der Waals surface area contributed by atoms with Crippen molar-refractivity contribution in [3.63, 3.8) is 0 Å². The first kappa shape index (κ1) is 21.8. The second-order valence-electron chi connectivity index (χ2n) is 8.38. The summed E-state index contributed by atoms with van der Waals surface area (Å²) in [5.41, 5.74) is 3.58. The Morgan fingerprint density at radius 1 is 0.971 bits per heavy atom. The van der Waals surface area contributed by atoms with E-state index in [1.165, 1.54) is 4.90 Å². The van der Waals surface area contributed by atoms with E-state index >= 15 is 0 Å². The average Bonchev–Trinajstić information content (AvgIpc) is 3.38. The van der Waals surface area contributed by atoms with Crippen molar-refractivity contribution < 1.29 is 14.7 Å². The highest BCUT2D eigenvalue weighted by atomic mass is 35.5. The molecule has 1 amide bonds. The summed E-state index contributed by atoms with van der Waals surface area (Å²) in [4.78, 5) is 33.3. The van der Waals surface area contributed by atoms with Gasteiger partial charge in [-0.1, -0.05) is 29.8 Å². The molecule has 1 atom stereocenters. The van der Waals surface area contributed by atoms with Crippen molar-refractivity contribution in [1.29, 1.82) is 0 Å². The fraction of sp³-hybridized carbons (Fsp3) is 0.111. The number of aromatic amines is 1. The number of fused-ring (bicyclic) bond motifs is 1. The van der Waals surface area contributed by atoms with Crippen LogP contribution in [0.3, 0.4) is 0 Å². The number of hydrogen-bond acceptors (Lipinski definition) is 4. The van der Waals surface area contributed by atoms with Crippen molar-refractivity contribution in [2.24, 2.45) is 0 Å². The van der Waals surface area contributed by atoms with E-state index in [-0.39, 0.29) is 11.3 Å². The molecular formula is C27H22ClN3O3. The predicted octanol–water partition coefficient (Wildman–Crippen LogP) is 5.51. The highest BCUT2D eigenvalue weighted by Crippen LogP contribution is 2.44. The number of nitrogens with one attached hydrogen (secondary N) is 1. The van der Waals surface area contributed by atoms with Crippen LogP contribution in [0.2, 0.25) is 5.02 Å². The molecule has 2 heterocycles. The monoisotopic (exact) mass is 471 g/mol. The molecule has 1 aliphatic rings. The maximum atomic E-state index is 13.4. The fourth-order valence-corrected chi connectivity index (χ4v) is 4.51. The van der Waals surface area contributed by atoms with E-state index in [0.717, 1.165) is 22.2 Å². The number of halogens is 1. The first-order valence-corrected chi connectivity index (χ1v) is 11.1. The van der Waals surface area contributed by atoms with Crippen LogP contribution in [0.15, 0.2) is 84.6 Å². The molecular weight excluding hydrogens is 450 g/mol. The quantitative estimate of drug-likeness (QED) is 0.233. The lowest BCUT2D eigenvalue weighted by Gasteiger charge is -2.25. The number of carbonyl (C=O) groups excluding carboxylic acids is 2. The minimum atomic E-state index is -0.808. The molecule has 0 saturated carbocycles. The van der Waals surface area contributed by atoms with Crippen molar-refractivity contribution in [1.82, 2.24) is 4.98 Å². The maximum absolute atomic E-state index is 13.4. The Bertz CT molecular complexity index is 1440. The third-order valence-electron chi connectivity index (χ3n) is 6.12. The maximum Gasteiger partial charge on any atom is 0.300 e. The summed E-state index contributed by atoms with van der Waals surface area (Å²) in [6.45, 7) is 0. The minimum absolute atomic E-state index is 0.0359. The molecule has 1 fully saturated rings. The number of carbonyl (C=O) groups is 2. The molecule has 1 unspecified atom stereocenters. The van der Waals surface area contributed by atoms with E-state index in [1.54, 1.807) is 30.5 Å². The van der Waals surface area contributed by atoms with Gasteiger partial charge in [0, 0.05) is 58.7 Å². The molecule has 7 heteroatoms. The predicted molar refractivity (Wildman–Crippen MR) is 135 cm³/mol. The zero-order chi connectivity index (χ0) is 24.0. The van der Waals surface area contributed by atoms with Crippen LogP contribution in [-0.2, 0) is 9.59 Å². The van der Waals surface area contributed by atoms with Crippen LogP contribution in [-0.4, -0.2) is 35.9 Å². The van der Waals surface area contributed by atoms with Crippen LogP contribution in [0.1, 0.15) is 17.2 Å². The Kier molecular flexibility index (Phi) is 5.38. The molecule has 0 radical (unpaired) electrons.